The third kappa shape index (κ3) is 5.16. The normalized spacial score (nSPS) is 11.2. The summed E-state index contributed by atoms with van der Waals surface area (Å²) in [6.07, 6.45) is -3.51. The number of nitrogens with zero attached hydrogens (tertiary/aromatic N) is 2. The maximum Gasteiger partial charge on any atom is 0.406 e. The van der Waals surface area contributed by atoms with E-state index in [1.807, 2.05) is 0 Å². The number of carboxylic acid groups (broad SMARTS) is 1. The van der Waals surface area contributed by atoms with Crippen LogP contribution in [0, 0.1) is 0 Å². The first-order valence-corrected chi connectivity index (χ1v) is 5.61. The van der Waals surface area contributed by atoms with Gasteiger partial charge in [0.1, 0.15) is 25.3 Å². The van der Waals surface area contributed by atoms with Crippen molar-refractivity contribution in [3.63, 3.8) is 0 Å². The van der Waals surface area contributed by atoms with E-state index in [2.05, 4.69) is 0 Å². The Balaban J connectivity index is 3.01. The molecule has 0 spiro atoms. The Hall–Kier alpha value is -2.52. The van der Waals surface area contributed by atoms with Crippen LogP contribution in [0.25, 0.3) is 0 Å². The molecule has 10 heteroatoms. The van der Waals surface area contributed by atoms with Gasteiger partial charge in [-0.05, 0) is 12.1 Å². The lowest BCUT2D eigenvalue weighted by molar-refractivity contribution is -0.141. The van der Waals surface area contributed by atoms with Crippen molar-refractivity contribution >= 4 is 17.8 Å². The number of primary amides is 1. The Bertz CT molecular complexity index is 537. The van der Waals surface area contributed by atoms with E-state index in [1.165, 1.54) is 6.07 Å². The molecule has 1 aromatic heterocycles. The molecule has 3 N–H and O–H groups in total. The van der Waals surface area contributed by atoms with Crippen LogP contribution in [0.4, 0.5) is 13.2 Å². The lowest BCUT2D eigenvalue weighted by Gasteiger charge is -2.20. The third-order valence-corrected chi connectivity index (χ3v) is 2.36. The van der Waals surface area contributed by atoms with Crippen molar-refractivity contribution < 1.29 is 32.7 Å². The molecule has 2 amide bonds. The minimum Gasteiger partial charge on any atom is -0.480 e. The molecule has 1 heterocycles. The maximum atomic E-state index is 12.4. The van der Waals surface area contributed by atoms with Crippen LogP contribution >= 0.6 is 0 Å². The van der Waals surface area contributed by atoms with Gasteiger partial charge in [0.2, 0.25) is 5.91 Å². The van der Waals surface area contributed by atoms with Crippen LogP contribution < -0.4 is 5.73 Å². The van der Waals surface area contributed by atoms with Crippen molar-refractivity contribution in [3.8, 4) is 0 Å². The van der Waals surface area contributed by atoms with Crippen LogP contribution in [-0.2, 0) is 16.1 Å². The highest BCUT2D eigenvalue weighted by Gasteiger charge is 2.30. The molecule has 0 aromatic carbocycles. The number of aromatic nitrogens is 1. The maximum absolute atomic E-state index is 12.4. The van der Waals surface area contributed by atoms with Gasteiger partial charge in [-0.3, -0.25) is 14.4 Å². The number of hydrogen-bond donors (Lipinski definition) is 2. The smallest absolute Gasteiger partial charge is 0.406 e. The minimum atomic E-state index is -4.55. The van der Waals surface area contributed by atoms with Gasteiger partial charge in [-0.2, -0.15) is 13.2 Å². The zero-order valence-corrected chi connectivity index (χ0v) is 10.6. The number of hydrogen-bond acceptors (Lipinski definition) is 3. The van der Waals surface area contributed by atoms with Gasteiger partial charge in [-0.15, -0.1) is 0 Å². The highest BCUT2D eigenvalue weighted by atomic mass is 19.4. The molecule has 0 unspecified atom stereocenters. The van der Waals surface area contributed by atoms with Gasteiger partial charge in [-0.25, -0.2) is 0 Å². The topological polar surface area (TPSA) is 106 Å². The number of rotatable bonds is 6. The number of carbonyl (C=O) groups excluding carboxylic acids is 2. The molecule has 116 valence electrons. The van der Waals surface area contributed by atoms with Crippen LogP contribution in [0.1, 0.15) is 10.5 Å². The van der Waals surface area contributed by atoms with Crippen LogP contribution in [0.3, 0.4) is 0 Å². The van der Waals surface area contributed by atoms with Crippen molar-refractivity contribution in [2.45, 2.75) is 12.7 Å². The summed E-state index contributed by atoms with van der Waals surface area (Å²) in [5, 5.41) is 8.67. The number of halogens is 3. The summed E-state index contributed by atoms with van der Waals surface area (Å²) >= 11 is 0. The minimum absolute atomic E-state index is 0.380. The van der Waals surface area contributed by atoms with Gasteiger partial charge in [-0.1, -0.05) is 0 Å². The number of amides is 2. The van der Waals surface area contributed by atoms with Crippen molar-refractivity contribution in [1.29, 1.82) is 0 Å². The zero-order valence-electron chi connectivity index (χ0n) is 10.6. The predicted octanol–water partition coefficient (Wildman–Crippen LogP) is 0.0625. The Labute approximate surface area is 116 Å². The second-order valence-corrected chi connectivity index (χ2v) is 4.16. The van der Waals surface area contributed by atoms with E-state index >= 15 is 0 Å². The van der Waals surface area contributed by atoms with E-state index in [9.17, 15) is 27.6 Å². The molecule has 21 heavy (non-hydrogen) atoms. The quantitative estimate of drug-likeness (QED) is 0.775. The van der Waals surface area contributed by atoms with Gasteiger partial charge >= 0.3 is 12.1 Å². The Morgan fingerprint density at radius 2 is 1.90 bits per heavy atom. The second kappa shape index (κ2) is 6.29. The van der Waals surface area contributed by atoms with Crippen molar-refractivity contribution in [2.75, 3.05) is 13.1 Å². The number of aliphatic carboxylic acids is 1. The average molecular weight is 307 g/mol. The predicted molar refractivity (Wildman–Crippen MR) is 63.2 cm³/mol. The largest absolute Gasteiger partial charge is 0.480 e. The van der Waals surface area contributed by atoms with Crippen LogP contribution in [-0.4, -0.2) is 51.6 Å². The molecule has 0 saturated carbocycles. The monoisotopic (exact) mass is 307 g/mol. The first-order chi connectivity index (χ1) is 9.60. The summed E-state index contributed by atoms with van der Waals surface area (Å²) in [4.78, 5) is 34.1. The Morgan fingerprint density at radius 3 is 2.38 bits per heavy atom. The fourth-order valence-corrected chi connectivity index (χ4v) is 1.65. The summed E-state index contributed by atoms with van der Waals surface area (Å²) in [6.45, 7) is -2.96. The van der Waals surface area contributed by atoms with E-state index in [4.69, 9.17) is 10.8 Å². The number of alkyl halides is 3. The molecule has 0 aliphatic rings. The van der Waals surface area contributed by atoms with E-state index in [-0.39, 0.29) is 5.69 Å². The molecule has 0 bridgehead atoms. The van der Waals surface area contributed by atoms with Crippen molar-refractivity contribution in [1.82, 2.24) is 9.47 Å². The Morgan fingerprint density at radius 1 is 1.29 bits per heavy atom. The van der Waals surface area contributed by atoms with Gasteiger partial charge in [0, 0.05) is 6.20 Å². The first-order valence-electron chi connectivity index (χ1n) is 5.61. The standard InChI is InChI=1S/C11H12F3N3O4/c12-11(13,14)6-16-3-1-2-7(16)10(21)17(4-8(15)18)5-9(19)20/h1-3H,4-6H2,(H2,15,18)(H,19,20). The van der Waals surface area contributed by atoms with E-state index in [0.717, 1.165) is 12.3 Å². The van der Waals surface area contributed by atoms with Gasteiger partial charge in [0.15, 0.2) is 0 Å². The molecular formula is C11H12F3N3O4. The number of carboxylic acids is 1. The fraction of sp³-hybridized carbons (Fsp3) is 0.364. The molecule has 0 saturated heterocycles. The molecule has 1 rings (SSSR count). The third-order valence-electron chi connectivity index (χ3n) is 2.36. The van der Waals surface area contributed by atoms with Crippen LogP contribution in [0.2, 0.25) is 0 Å². The lowest BCUT2D eigenvalue weighted by Crippen LogP contribution is -2.42. The molecule has 1 aromatic rings. The van der Waals surface area contributed by atoms with Gasteiger partial charge < -0.3 is 20.3 Å². The molecule has 0 aliphatic carbocycles. The summed E-state index contributed by atoms with van der Waals surface area (Å²) < 4.78 is 37.7. The summed E-state index contributed by atoms with van der Waals surface area (Å²) in [5.74, 6) is -3.41. The van der Waals surface area contributed by atoms with Crippen molar-refractivity contribution in [3.05, 3.63) is 24.0 Å². The van der Waals surface area contributed by atoms with Crippen LogP contribution in [0.5, 0.6) is 0 Å². The second-order valence-electron chi connectivity index (χ2n) is 4.16. The molecule has 0 radical (unpaired) electrons. The van der Waals surface area contributed by atoms with Gasteiger partial charge in [0.05, 0.1) is 0 Å². The SMILES string of the molecule is NC(=O)CN(CC(=O)O)C(=O)c1cccn1CC(F)(F)F. The summed E-state index contributed by atoms with van der Waals surface area (Å²) in [5.41, 5.74) is 4.51. The average Bonchev–Trinajstić information content (AvgIpc) is 2.71. The number of carbonyl (C=O) groups is 3. The Kier molecular flexibility index (Phi) is 4.95. The van der Waals surface area contributed by atoms with E-state index < -0.39 is 43.6 Å². The van der Waals surface area contributed by atoms with E-state index in [1.54, 1.807) is 0 Å². The molecule has 7 nitrogen and oxygen atoms in total. The summed E-state index contributed by atoms with van der Waals surface area (Å²) in [6, 6.07) is 2.31. The van der Waals surface area contributed by atoms with Gasteiger partial charge in [0.25, 0.3) is 5.91 Å². The highest BCUT2D eigenvalue weighted by Crippen LogP contribution is 2.19. The fourth-order valence-electron chi connectivity index (χ4n) is 1.65. The molecule has 0 aliphatic heterocycles. The number of nitrogens with two attached hydrogens (primary N) is 1. The summed E-state index contributed by atoms with van der Waals surface area (Å²) in [7, 11) is 0. The molecule has 0 fully saturated rings. The van der Waals surface area contributed by atoms with E-state index in [0.29, 0.717) is 9.47 Å². The molecule has 0 atom stereocenters. The van der Waals surface area contributed by atoms with Crippen molar-refractivity contribution in [2.24, 2.45) is 5.73 Å². The zero-order chi connectivity index (χ0) is 16.2. The van der Waals surface area contributed by atoms with Crippen LogP contribution in [0.15, 0.2) is 18.3 Å². The lowest BCUT2D eigenvalue weighted by atomic mass is 10.3. The highest BCUT2D eigenvalue weighted by molar-refractivity contribution is 5.96. The molecular weight excluding hydrogens is 295 g/mol. The first kappa shape index (κ1) is 16.5.